The first-order valence-corrected chi connectivity index (χ1v) is 10.5. The van der Waals surface area contributed by atoms with E-state index in [-0.39, 0.29) is 29.9 Å². The van der Waals surface area contributed by atoms with Gasteiger partial charge >= 0.3 is 5.97 Å². The maximum absolute atomic E-state index is 12.3. The first kappa shape index (κ1) is 18.5. The van der Waals surface area contributed by atoms with Crippen molar-refractivity contribution >= 4 is 11.9 Å². The van der Waals surface area contributed by atoms with Gasteiger partial charge in [0.2, 0.25) is 0 Å². The molecule has 4 heteroatoms. The van der Waals surface area contributed by atoms with Gasteiger partial charge in [-0.05, 0) is 80.6 Å². The second kappa shape index (κ2) is 7.65. The molecule has 5 rings (SSSR count). The van der Waals surface area contributed by atoms with Gasteiger partial charge in [0.05, 0.1) is 0 Å². The average molecular weight is 370 g/mol. The summed E-state index contributed by atoms with van der Waals surface area (Å²) in [7, 11) is 0. The Morgan fingerprint density at radius 2 is 1.67 bits per heavy atom. The second-order valence-electron chi connectivity index (χ2n) is 9.22. The topological polar surface area (TPSA) is 55.4 Å². The molecule has 1 amide bonds. The zero-order valence-corrected chi connectivity index (χ0v) is 16.3. The molecule has 0 unspecified atom stereocenters. The molecule has 0 aromatic heterocycles. The smallest absolute Gasteiger partial charge is 0.306 e. The normalized spacial score (nSPS) is 32.1. The van der Waals surface area contributed by atoms with Gasteiger partial charge in [-0.2, -0.15) is 0 Å². The molecule has 27 heavy (non-hydrogen) atoms. The molecule has 1 N–H and O–H groups in total. The number of amides is 1. The Bertz CT molecular complexity index is 649. The highest BCUT2D eigenvalue weighted by molar-refractivity contribution is 5.80. The molecule has 4 aliphatic carbocycles. The molecule has 0 spiro atoms. The van der Waals surface area contributed by atoms with E-state index in [0.717, 1.165) is 23.3 Å². The Hall–Kier alpha value is -1.84. The maximum atomic E-state index is 12.3. The van der Waals surface area contributed by atoms with Gasteiger partial charge < -0.3 is 10.1 Å². The highest BCUT2D eigenvalue weighted by Gasteiger charge is 2.53. The Morgan fingerprint density at radius 3 is 2.26 bits per heavy atom. The highest BCUT2D eigenvalue weighted by atomic mass is 16.5. The molecule has 1 aromatic rings. The molecular formula is C23H31NO3. The lowest BCUT2D eigenvalue weighted by Crippen LogP contribution is -2.56. The summed E-state index contributed by atoms with van der Waals surface area (Å²) in [5.74, 6) is 2.13. The summed E-state index contributed by atoms with van der Waals surface area (Å²) in [6.45, 7) is 1.99. The quantitative estimate of drug-likeness (QED) is 0.742. The fourth-order valence-corrected chi connectivity index (χ4v) is 6.25. The summed E-state index contributed by atoms with van der Waals surface area (Å²) in [5.41, 5.74) is 1.39. The van der Waals surface area contributed by atoms with Crippen molar-refractivity contribution in [2.75, 3.05) is 6.61 Å². The van der Waals surface area contributed by atoms with E-state index in [1.54, 1.807) is 0 Å². The van der Waals surface area contributed by atoms with E-state index >= 15 is 0 Å². The summed E-state index contributed by atoms with van der Waals surface area (Å²) in [5, 5.41) is 3.15. The van der Waals surface area contributed by atoms with E-state index < -0.39 is 0 Å². The Labute approximate surface area is 162 Å². The van der Waals surface area contributed by atoms with E-state index in [2.05, 4.69) is 12.2 Å². The molecule has 146 valence electrons. The van der Waals surface area contributed by atoms with Crippen molar-refractivity contribution in [3.05, 3.63) is 35.9 Å². The molecule has 1 aromatic carbocycles. The zero-order chi connectivity index (χ0) is 18.9. The predicted molar refractivity (Wildman–Crippen MR) is 104 cm³/mol. The summed E-state index contributed by atoms with van der Waals surface area (Å²) < 4.78 is 5.19. The number of hydrogen-bond acceptors (Lipinski definition) is 3. The van der Waals surface area contributed by atoms with Crippen LogP contribution in [0.25, 0.3) is 0 Å². The minimum absolute atomic E-state index is 0.161. The van der Waals surface area contributed by atoms with E-state index in [4.69, 9.17) is 4.74 Å². The van der Waals surface area contributed by atoms with Crippen LogP contribution in [0.5, 0.6) is 0 Å². The third-order valence-electron chi connectivity index (χ3n) is 7.21. The minimum atomic E-state index is -0.309. The van der Waals surface area contributed by atoms with Crippen LogP contribution < -0.4 is 5.32 Å². The van der Waals surface area contributed by atoms with Crippen LogP contribution in [-0.4, -0.2) is 24.5 Å². The monoisotopic (exact) mass is 369 g/mol. The Morgan fingerprint density at radius 1 is 1.07 bits per heavy atom. The number of nitrogens with one attached hydrogen (secondary N) is 1. The van der Waals surface area contributed by atoms with Crippen molar-refractivity contribution in [3.63, 3.8) is 0 Å². The summed E-state index contributed by atoms with van der Waals surface area (Å²) >= 11 is 0. The second-order valence-corrected chi connectivity index (χ2v) is 9.22. The van der Waals surface area contributed by atoms with Crippen molar-refractivity contribution in [2.45, 2.75) is 64.3 Å². The number of carbonyl (C=O) groups excluding carboxylic acids is 2. The van der Waals surface area contributed by atoms with Crippen molar-refractivity contribution in [1.29, 1.82) is 0 Å². The molecule has 0 saturated heterocycles. The van der Waals surface area contributed by atoms with Gasteiger partial charge in [0.15, 0.2) is 6.61 Å². The molecule has 4 saturated carbocycles. The molecule has 4 bridgehead atoms. The first-order chi connectivity index (χ1) is 13.0. The lowest BCUT2D eigenvalue weighted by molar-refractivity contribution is -0.149. The average Bonchev–Trinajstić information content (AvgIpc) is 2.64. The molecule has 4 fully saturated rings. The van der Waals surface area contributed by atoms with Crippen LogP contribution in [0.1, 0.15) is 57.4 Å². The van der Waals surface area contributed by atoms with Gasteiger partial charge in [0.1, 0.15) is 0 Å². The lowest BCUT2D eigenvalue weighted by Gasteiger charge is -2.59. The zero-order valence-electron chi connectivity index (χ0n) is 16.3. The van der Waals surface area contributed by atoms with Crippen LogP contribution in [0.15, 0.2) is 30.3 Å². The van der Waals surface area contributed by atoms with Crippen molar-refractivity contribution < 1.29 is 14.3 Å². The Kier molecular flexibility index (Phi) is 5.25. The summed E-state index contributed by atoms with van der Waals surface area (Å²) in [6, 6.07) is 10.0. The summed E-state index contributed by atoms with van der Waals surface area (Å²) in [6.07, 6.45) is 8.94. The van der Waals surface area contributed by atoms with Gasteiger partial charge in [-0.1, -0.05) is 30.3 Å². The third kappa shape index (κ3) is 4.20. The van der Waals surface area contributed by atoms with Gasteiger partial charge in [-0.3, -0.25) is 9.59 Å². The van der Waals surface area contributed by atoms with Gasteiger partial charge in [-0.25, -0.2) is 0 Å². The molecule has 0 heterocycles. The lowest BCUT2D eigenvalue weighted by atomic mass is 9.48. The minimum Gasteiger partial charge on any atom is -0.456 e. The van der Waals surface area contributed by atoms with Crippen LogP contribution in [0.2, 0.25) is 0 Å². The predicted octanol–water partition coefficient (Wildman–Crippen LogP) is 3.88. The number of aryl methyl sites for hydroxylation is 1. The molecule has 0 aliphatic heterocycles. The van der Waals surface area contributed by atoms with E-state index in [9.17, 15) is 9.59 Å². The number of carbonyl (C=O) groups is 2. The largest absolute Gasteiger partial charge is 0.456 e. The molecule has 4 nitrogen and oxygen atoms in total. The van der Waals surface area contributed by atoms with Crippen LogP contribution >= 0.6 is 0 Å². The fraction of sp³-hybridized carbons (Fsp3) is 0.652. The maximum Gasteiger partial charge on any atom is 0.306 e. The third-order valence-corrected chi connectivity index (χ3v) is 7.21. The van der Waals surface area contributed by atoms with Crippen LogP contribution in [0.4, 0.5) is 0 Å². The van der Waals surface area contributed by atoms with E-state index in [1.165, 1.54) is 38.5 Å². The van der Waals surface area contributed by atoms with Gasteiger partial charge in [-0.15, -0.1) is 0 Å². The first-order valence-electron chi connectivity index (χ1n) is 10.5. The number of benzene rings is 1. The molecule has 0 radical (unpaired) electrons. The summed E-state index contributed by atoms with van der Waals surface area (Å²) in [4.78, 5) is 24.3. The number of rotatable bonds is 7. The van der Waals surface area contributed by atoms with Gasteiger partial charge in [0, 0.05) is 12.5 Å². The van der Waals surface area contributed by atoms with Crippen LogP contribution in [-0.2, 0) is 20.7 Å². The van der Waals surface area contributed by atoms with E-state index in [1.807, 2.05) is 30.3 Å². The van der Waals surface area contributed by atoms with Crippen LogP contribution in [0, 0.1) is 23.2 Å². The SMILES string of the molecule is C[C@H](NC(=O)COC(=O)CCc1ccccc1)C12CC3CC(CC(C3)C1)C2. The van der Waals surface area contributed by atoms with Crippen molar-refractivity contribution in [3.8, 4) is 0 Å². The number of esters is 1. The van der Waals surface area contributed by atoms with Crippen LogP contribution in [0.3, 0.4) is 0 Å². The standard InChI is InChI=1S/C23H31NO3/c1-16(23-12-18-9-19(13-23)11-20(10-18)14-23)24-21(25)15-27-22(26)8-7-17-5-3-2-4-6-17/h2-6,16,18-20H,7-15H2,1H3,(H,24,25)/t16-,18?,19?,20?,23?/m0/s1. The fourth-order valence-electron chi connectivity index (χ4n) is 6.25. The van der Waals surface area contributed by atoms with Crippen molar-refractivity contribution in [1.82, 2.24) is 5.32 Å². The number of hydrogen-bond donors (Lipinski definition) is 1. The number of ether oxygens (including phenoxy) is 1. The van der Waals surface area contributed by atoms with Gasteiger partial charge in [0.25, 0.3) is 5.91 Å². The molecule has 4 aliphatic rings. The Balaban J connectivity index is 1.22. The highest BCUT2D eigenvalue weighted by Crippen LogP contribution is 2.61. The van der Waals surface area contributed by atoms with Crippen molar-refractivity contribution in [2.24, 2.45) is 23.2 Å². The molecular weight excluding hydrogens is 338 g/mol. The van der Waals surface area contributed by atoms with E-state index in [0.29, 0.717) is 12.8 Å². The molecule has 1 atom stereocenters.